The van der Waals surface area contributed by atoms with Crippen LogP contribution in [0.2, 0.25) is 0 Å². The molecule has 1 unspecified atom stereocenters. The maximum absolute atomic E-state index is 12.5. The average molecular weight is 449 g/mol. The Balaban J connectivity index is 1.31. The van der Waals surface area contributed by atoms with Gasteiger partial charge in [-0.25, -0.2) is 4.98 Å². The van der Waals surface area contributed by atoms with Crippen LogP contribution in [0.1, 0.15) is 18.5 Å². The van der Waals surface area contributed by atoms with Crippen molar-refractivity contribution < 1.29 is 9.53 Å². The van der Waals surface area contributed by atoms with Crippen LogP contribution in [-0.2, 0) is 16.1 Å². The van der Waals surface area contributed by atoms with Crippen molar-refractivity contribution in [3.05, 3.63) is 34.7 Å². The van der Waals surface area contributed by atoms with E-state index in [1.807, 2.05) is 33.8 Å². The molecule has 4 rings (SSSR count). The molecule has 2 aromatic rings. The van der Waals surface area contributed by atoms with E-state index in [1.165, 1.54) is 0 Å². The number of pyridine rings is 1. The number of ether oxygens (including phenoxy) is 1. The number of nitrogens with zero attached hydrogens (tertiary/aromatic N) is 5. The summed E-state index contributed by atoms with van der Waals surface area (Å²) in [4.78, 5) is 25.6. The standard InChI is InChI=1S/C19H25BrN6O2/c1-21-19(22-11-15-13-26-12-14(20)4-5-17(26)23-15)25-8-6-24(7-9-25)18(27)16-3-2-10-28-16/h4-5,12-13,16H,2-3,6-11H2,1H3,(H,21,22). The van der Waals surface area contributed by atoms with Gasteiger partial charge in [0, 0.05) is 56.7 Å². The highest BCUT2D eigenvalue weighted by atomic mass is 79.9. The highest BCUT2D eigenvalue weighted by Crippen LogP contribution is 2.16. The third-order valence-corrected chi connectivity index (χ3v) is 5.67. The van der Waals surface area contributed by atoms with E-state index in [0.717, 1.165) is 47.7 Å². The largest absolute Gasteiger partial charge is 0.368 e. The molecular formula is C19H25BrN6O2. The molecule has 150 valence electrons. The van der Waals surface area contributed by atoms with Gasteiger partial charge in [-0.15, -0.1) is 0 Å². The minimum absolute atomic E-state index is 0.135. The minimum atomic E-state index is -0.237. The lowest BCUT2D eigenvalue weighted by Crippen LogP contribution is -2.55. The summed E-state index contributed by atoms with van der Waals surface area (Å²) in [7, 11) is 1.78. The van der Waals surface area contributed by atoms with Crippen molar-refractivity contribution >= 4 is 33.4 Å². The first-order valence-electron chi connectivity index (χ1n) is 9.63. The number of rotatable bonds is 3. The van der Waals surface area contributed by atoms with Gasteiger partial charge in [0.15, 0.2) is 5.96 Å². The van der Waals surface area contributed by atoms with E-state index in [9.17, 15) is 4.79 Å². The molecule has 0 radical (unpaired) electrons. The fraction of sp³-hybridized carbons (Fsp3) is 0.526. The van der Waals surface area contributed by atoms with E-state index < -0.39 is 0 Å². The zero-order valence-corrected chi connectivity index (χ0v) is 17.6. The molecule has 0 aliphatic carbocycles. The lowest BCUT2D eigenvalue weighted by atomic mass is 10.2. The first-order chi connectivity index (χ1) is 13.6. The number of nitrogens with one attached hydrogen (secondary N) is 1. The quantitative estimate of drug-likeness (QED) is 0.568. The molecule has 1 atom stereocenters. The van der Waals surface area contributed by atoms with Crippen LogP contribution in [-0.4, -0.2) is 77.0 Å². The van der Waals surface area contributed by atoms with Crippen LogP contribution in [0.5, 0.6) is 0 Å². The van der Waals surface area contributed by atoms with E-state index >= 15 is 0 Å². The second kappa shape index (κ2) is 8.48. The number of aliphatic imine (C=N–C) groups is 1. The maximum Gasteiger partial charge on any atom is 0.251 e. The van der Waals surface area contributed by atoms with Gasteiger partial charge in [0.2, 0.25) is 0 Å². The van der Waals surface area contributed by atoms with Crippen molar-refractivity contribution in [1.82, 2.24) is 24.5 Å². The average Bonchev–Trinajstić information content (AvgIpc) is 3.38. The number of carbonyl (C=O) groups is 1. The van der Waals surface area contributed by atoms with Crippen molar-refractivity contribution in [2.45, 2.75) is 25.5 Å². The Morgan fingerprint density at radius 3 is 2.79 bits per heavy atom. The molecule has 0 saturated carbocycles. The Morgan fingerprint density at radius 1 is 1.29 bits per heavy atom. The molecule has 1 amide bonds. The second-order valence-corrected chi connectivity index (χ2v) is 7.98. The van der Waals surface area contributed by atoms with Crippen LogP contribution >= 0.6 is 15.9 Å². The van der Waals surface area contributed by atoms with Gasteiger partial charge in [-0.3, -0.25) is 9.79 Å². The highest BCUT2D eigenvalue weighted by Gasteiger charge is 2.30. The fourth-order valence-corrected chi connectivity index (χ4v) is 4.07. The molecule has 2 fully saturated rings. The van der Waals surface area contributed by atoms with Crippen LogP contribution in [0.4, 0.5) is 0 Å². The van der Waals surface area contributed by atoms with Gasteiger partial charge in [0.1, 0.15) is 11.8 Å². The first-order valence-corrected chi connectivity index (χ1v) is 10.4. The van der Waals surface area contributed by atoms with Crippen LogP contribution in [0.3, 0.4) is 0 Å². The molecule has 0 spiro atoms. The molecular weight excluding hydrogens is 424 g/mol. The Hall–Kier alpha value is -2.13. The van der Waals surface area contributed by atoms with Crippen molar-refractivity contribution in [2.24, 2.45) is 4.99 Å². The molecule has 8 nitrogen and oxygen atoms in total. The number of hydrogen-bond acceptors (Lipinski definition) is 4. The summed E-state index contributed by atoms with van der Waals surface area (Å²) >= 11 is 3.48. The summed E-state index contributed by atoms with van der Waals surface area (Å²) in [5.41, 5.74) is 1.86. The summed E-state index contributed by atoms with van der Waals surface area (Å²) in [5, 5.41) is 3.39. The molecule has 2 aliphatic heterocycles. The molecule has 0 aromatic carbocycles. The number of guanidine groups is 1. The Bertz CT molecular complexity index is 868. The summed E-state index contributed by atoms with van der Waals surface area (Å²) in [6.45, 7) is 4.21. The van der Waals surface area contributed by atoms with Crippen molar-refractivity contribution in [1.29, 1.82) is 0 Å². The number of carbonyl (C=O) groups excluding carboxylic acids is 1. The van der Waals surface area contributed by atoms with Gasteiger partial charge in [0.05, 0.1) is 12.2 Å². The molecule has 1 N–H and O–H groups in total. The lowest BCUT2D eigenvalue weighted by Gasteiger charge is -2.37. The predicted molar refractivity (Wildman–Crippen MR) is 110 cm³/mol. The zero-order valence-electron chi connectivity index (χ0n) is 16.0. The highest BCUT2D eigenvalue weighted by molar-refractivity contribution is 9.10. The number of piperazine rings is 1. The zero-order chi connectivity index (χ0) is 19.5. The molecule has 2 saturated heterocycles. The summed E-state index contributed by atoms with van der Waals surface area (Å²) < 4.78 is 8.55. The van der Waals surface area contributed by atoms with Crippen molar-refractivity contribution in [3.63, 3.8) is 0 Å². The van der Waals surface area contributed by atoms with Crippen LogP contribution in [0.25, 0.3) is 5.65 Å². The third kappa shape index (κ3) is 4.15. The smallest absolute Gasteiger partial charge is 0.251 e. The van der Waals surface area contributed by atoms with Gasteiger partial charge in [-0.2, -0.15) is 0 Å². The van der Waals surface area contributed by atoms with Crippen LogP contribution < -0.4 is 5.32 Å². The summed E-state index contributed by atoms with van der Waals surface area (Å²) in [6.07, 6.45) is 5.59. The lowest BCUT2D eigenvalue weighted by molar-refractivity contribution is -0.142. The van der Waals surface area contributed by atoms with E-state index in [1.54, 1.807) is 7.05 Å². The normalized spacial score (nSPS) is 20.8. The van der Waals surface area contributed by atoms with E-state index in [2.05, 4.69) is 36.1 Å². The SMILES string of the molecule is CN=C(NCc1cn2cc(Br)ccc2n1)N1CCN(C(=O)C2CCCO2)CC1. The predicted octanol–water partition coefficient (Wildman–Crippen LogP) is 1.50. The van der Waals surface area contributed by atoms with Gasteiger partial charge >= 0.3 is 0 Å². The molecule has 2 aromatic heterocycles. The van der Waals surface area contributed by atoms with Gasteiger partial charge in [0.25, 0.3) is 5.91 Å². The number of fused-ring (bicyclic) bond motifs is 1. The van der Waals surface area contributed by atoms with Gasteiger partial charge in [-0.05, 0) is 40.9 Å². The van der Waals surface area contributed by atoms with Gasteiger partial charge in [-0.1, -0.05) is 0 Å². The second-order valence-electron chi connectivity index (χ2n) is 7.06. The topological polar surface area (TPSA) is 74.5 Å². The van der Waals surface area contributed by atoms with E-state index in [4.69, 9.17) is 4.74 Å². The number of imidazole rings is 1. The van der Waals surface area contributed by atoms with E-state index in [0.29, 0.717) is 26.2 Å². The Morgan fingerprint density at radius 2 is 2.07 bits per heavy atom. The Kier molecular flexibility index (Phi) is 5.82. The summed E-state index contributed by atoms with van der Waals surface area (Å²) in [5.74, 6) is 0.971. The monoisotopic (exact) mass is 448 g/mol. The minimum Gasteiger partial charge on any atom is -0.368 e. The third-order valence-electron chi connectivity index (χ3n) is 5.20. The maximum atomic E-state index is 12.5. The van der Waals surface area contributed by atoms with Crippen LogP contribution in [0, 0.1) is 0 Å². The molecule has 0 bridgehead atoms. The number of hydrogen-bond donors (Lipinski definition) is 1. The number of amides is 1. The van der Waals surface area contributed by atoms with Crippen molar-refractivity contribution in [2.75, 3.05) is 39.8 Å². The molecule has 28 heavy (non-hydrogen) atoms. The number of aromatic nitrogens is 2. The van der Waals surface area contributed by atoms with Crippen LogP contribution in [0.15, 0.2) is 34.0 Å². The molecule has 4 heterocycles. The molecule has 2 aliphatic rings. The van der Waals surface area contributed by atoms with Crippen molar-refractivity contribution in [3.8, 4) is 0 Å². The molecule has 9 heteroatoms. The Labute approximate surface area is 172 Å². The first kappa shape index (κ1) is 19.2. The van der Waals surface area contributed by atoms with E-state index in [-0.39, 0.29) is 12.0 Å². The fourth-order valence-electron chi connectivity index (χ4n) is 3.72. The summed E-state index contributed by atoms with van der Waals surface area (Å²) in [6, 6.07) is 3.96. The number of halogens is 1. The van der Waals surface area contributed by atoms with Gasteiger partial charge < -0.3 is 24.3 Å².